The fraction of sp³-hybridized carbons (Fsp3) is 0.250. The fourth-order valence-electron chi connectivity index (χ4n) is 1.73. The van der Waals surface area contributed by atoms with Crippen LogP contribution in [-0.2, 0) is 6.54 Å². The molecule has 0 atom stereocenters. The minimum Gasteiger partial charge on any atom is -0.354 e. The Labute approximate surface area is 109 Å². The van der Waals surface area contributed by atoms with E-state index in [0.717, 1.165) is 29.7 Å². The number of aryl methyl sites for hydroxylation is 1. The van der Waals surface area contributed by atoms with Gasteiger partial charge in [0.25, 0.3) is 0 Å². The Hall–Kier alpha value is -1.95. The average Bonchev–Trinajstić information content (AvgIpc) is 3.05. The molecule has 0 saturated heterocycles. The molecule has 3 rings (SSSR count). The maximum absolute atomic E-state index is 4.44. The third-order valence-corrected chi connectivity index (χ3v) is 3.48. The van der Waals surface area contributed by atoms with E-state index in [-0.39, 0.29) is 0 Å². The van der Waals surface area contributed by atoms with Crippen LogP contribution in [0.1, 0.15) is 6.42 Å². The molecule has 0 bridgehead atoms. The second-order valence-electron chi connectivity index (χ2n) is 3.94. The summed E-state index contributed by atoms with van der Waals surface area (Å²) in [5.41, 5.74) is 1.01. The van der Waals surface area contributed by atoms with Crippen LogP contribution in [0.5, 0.6) is 0 Å². The molecule has 0 radical (unpaired) electrons. The molecule has 0 spiro atoms. The number of nitrogens with zero attached hydrogens (tertiary/aromatic N) is 4. The summed E-state index contributed by atoms with van der Waals surface area (Å²) in [6, 6.07) is 2.01. The van der Waals surface area contributed by atoms with Crippen molar-refractivity contribution in [3.05, 3.63) is 36.4 Å². The zero-order valence-electron chi connectivity index (χ0n) is 9.78. The Kier molecular flexibility index (Phi) is 3.18. The molecule has 3 aromatic heterocycles. The number of fused-ring (bicyclic) bond motifs is 1. The first-order chi connectivity index (χ1) is 8.92. The molecule has 0 aliphatic rings. The standard InChI is InChI=1S/C12H13N5S/c1(5-17-6-4-13-9-17)3-14-12-15-8-11-10(16-12)2-7-18-11/h2,4,6-9H,1,3,5H2,(H,14,15,16). The number of nitrogens with one attached hydrogen (secondary N) is 1. The van der Waals surface area contributed by atoms with E-state index in [1.165, 1.54) is 0 Å². The number of hydrogen-bond acceptors (Lipinski definition) is 5. The molecule has 0 unspecified atom stereocenters. The topological polar surface area (TPSA) is 55.6 Å². The van der Waals surface area contributed by atoms with Crippen LogP contribution in [0.15, 0.2) is 36.4 Å². The SMILES string of the molecule is c1cn(CCCNc2ncc3sccc3n2)cn1. The van der Waals surface area contributed by atoms with Crippen LogP contribution in [0, 0.1) is 0 Å². The van der Waals surface area contributed by atoms with Crippen molar-refractivity contribution in [2.75, 3.05) is 11.9 Å². The smallest absolute Gasteiger partial charge is 0.223 e. The summed E-state index contributed by atoms with van der Waals surface area (Å²) in [7, 11) is 0. The van der Waals surface area contributed by atoms with Gasteiger partial charge >= 0.3 is 0 Å². The van der Waals surface area contributed by atoms with Crippen molar-refractivity contribution in [3.63, 3.8) is 0 Å². The van der Waals surface area contributed by atoms with Gasteiger partial charge in [0.05, 0.1) is 22.7 Å². The van der Waals surface area contributed by atoms with Gasteiger partial charge in [-0.1, -0.05) is 0 Å². The quantitative estimate of drug-likeness (QED) is 0.715. The first-order valence-corrected chi connectivity index (χ1v) is 6.70. The van der Waals surface area contributed by atoms with Gasteiger partial charge in [0.1, 0.15) is 0 Å². The van der Waals surface area contributed by atoms with Gasteiger partial charge in [0, 0.05) is 25.5 Å². The summed E-state index contributed by atoms with van der Waals surface area (Å²) < 4.78 is 3.18. The van der Waals surface area contributed by atoms with E-state index in [2.05, 4.69) is 24.8 Å². The van der Waals surface area contributed by atoms with Gasteiger partial charge in [-0.3, -0.25) is 0 Å². The van der Waals surface area contributed by atoms with E-state index >= 15 is 0 Å². The third kappa shape index (κ3) is 2.48. The predicted octanol–water partition coefficient (Wildman–Crippen LogP) is 2.39. The highest BCUT2D eigenvalue weighted by atomic mass is 32.1. The third-order valence-electron chi connectivity index (χ3n) is 2.64. The van der Waals surface area contributed by atoms with Gasteiger partial charge < -0.3 is 9.88 Å². The molecule has 0 saturated carbocycles. The number of thiophene rings is 1. The average molecular weight is 259 g/mol. The molecule has 3 aromatic rings. The number of anilines is 1. The van der Waals surface area contributed by atoms with Crippen molar-refractivity contribution >= 4 is 27.5 Å². The lowest BCUT2D eigenvalue weighted by Crippen LogP contribution is -2.08. The fourth-order valence-corrected chi connectivity index (χ4v) is 2.42. The molecule has 0 aliphatic carbocycles. The van der Waals surface area contributed by atoms with Crippen molar-refractivity contribution < 1.29 is 0 Å². The van der Waals surface area contributed by atoms with Crippen molar-refractivity contribution in [2.45, 2.75) is 13.0 Å². The van der Waals surface area contributed by atoms with Gasteiger partial charge in [-0.2, -0.15) is 0 Å². The van der Waals surface area contributed by atoms with Crippen molar-refractivity contribution in [2.24, 2.45) is 0 Å². The largest absolute Gasteiger partial charge is 0.354 e. The van der Waals surface area contributed by atoms with Gasteiger partial charge in [-0.05, 0) is 17.9 Å². The summed E-state index contributed by atoms with van der Waals surface area (Å²) in [4.78, 5) is 12.7. The van der Waals surface area contributed by atoms with Crippen molar-refractivity contribution in [1.82, 2.24) is 19.5 Å². The summed E-state index contributed by atoms with van der Waals surface area (Å²) in [6.45, 7) is 1.81. The maximum atomic E-state index is 4.44. The molecule has 0 amide bonds. The lowest BCUT2D eigenvalue weighted by atomic mass is 10.4. The van der Waals surface area contributed by atoms with Crippen molar-refractivity contribution in [1.29, 1.82) is 0 Å². The molecule has 3 heterocycles. The summed E-state index contributed by atoms with van der Waals surface area (Å²) >= 11 is 1.66. The lowest BCUT2D eigenvalue weighted by Gasteiger charge is -2.05. The molecule has 0 fully saturated rings. The van der Waals surface area contributed by atoms with E-state index in [9.17, 15) is 0 Å². The molecular formula is C12H13N5S. The van der Waals surface area contributed by atoms with Crippen LogP contribution < -0.4 is 5.32 Å². The molecule has 18 heavy (non-hydrogen) atoms. The highest BCUT2D eigenvalue weighted by molar-refractivity contribution is 7.17. The first-order valence-electron chi connectivity index (χ1n) is 5.82. The van der Waals surface area contributed by atoms with Crippen LogP contribution in [-0.4, -0.2) is 26.1 Å². The predicted molar refractivity (Wildman–Crippen MR) is 72.7 cm³/mol. The molecular weight excluding hydrogens is 246 g/mol. The number of rotatable bonds is 5. The van der Waals surface area contributed by atoms with Gasteiger partial charge in [0.2, 0.25) is 5.95 Å². The minimum atomic E-state index is 0.700. The Balaban J connectivity index is 1.53. The van der Waals surface area contributed by atoms with E-state index in [0.29, 0.717) is 5.95 Å². The number of imidazole rings is 1. The second kappa shape index (κ2) is 5.14. The van der Waals surface area contributed by atoms with Gasteiger partial charge in [-0.15, -0.1) is 11.3 Å². The Morgan fingerprint density at radius 3 is 3.28 bits per heavy atom. The monoisotopic (exact) mass is 259 g/mol. The highest BCUT2D eigenvalue weighted by Crippen LogP contribution is 2.18. The second-order valence-corrected chi connectivity index (χ2v) is 4.89. The van der Waals surface area contributed by atoms with Crippen molar-refractivity contribution in [3.8, 4) is 0 Å². The molecule has 92 valence electrons. The summed E-state index contributed by atoms with van der Waals surface area (Å²) in [6.07, 6.45) is 8.47. The zero-order valence-corrected chi connectivity index (χ0v) is 10.6. The Morgan fingerprint density at radius 2 is 2.39 bits per heavy atom. The molecule has 1 N–H and O–H groups in total. The zero-order chi connectivity index (χ0) is 12.2. The van der Waals surface area contributed by atoms with E-state index in [1.807, 2.05) is 30.2 Å². The first kappa shape index (κ1) is 11.2. The number of aromatic nitrogens is 4. The summed E-state index contributed by atoms with van der Waals surface area (Å²) in [5.74, 6) is 0.700. The highest BCUT2D eigenvalue weighted by Gasteiger charge is 2.00. The van der Waals surface area contributed by atoms with Crippen LogP contribution >= 0.6 is 11.3 Å². The van der Waals surface area contributed by atoms with E-state index in [4.69, 9.17) is 0 Å². The van der Waals surface area contributed by atoms with Crippen LogP contribution in [0.2, 0.25) is 0 Å². The van der Waals surface area contributed by atoms with E-state index in [1.54, 1.807) is 17.5 Å². The van der Waals surface area contributed by atoms with Gasteiger partial charge in [-0.25, -0.2) is 15.0 Å². The van der Waals surface area contributed by atoms with Gasteiger partial charge in [0.15, 0.2) is 0 Å². The molecule has 5 nitrogen and oxygen atoms in total. The Bertz CT molecular complexity index is 616. The van der Waals surface area contributed by atoms with Crippen LogP contribution in [0.3, 0.4) is 0 Å². The molecule has 0 aliphatic heterocycles. The molecule has 0 aromatic carbocycles. The maximum Gasteiger partial charge on any atom is 0.223 e. The van der Waals surface area contributed by atoms with E-state index < -0.39 is 0 Å². The molecule has 6 heteroatoms. The minimum absolute atomic E-state index is 0.700. The van der Waals surface area contributed by atoms with Crippen LogP contribution in [0.25, 0.3) is 10.2 Å². The Morgan fingerprint density at radius 1 is 1.39 bits per heavy atom. The lowest BCUT2D eigenvalue weighted by molar-refractivity contribution is 0.659. The normalized spacial score (nSPS) is 10.9. The van der Waals surface area contributed by atoms with Crippen LogP contribution in [0.4, 0.5) is 5.95 Å². The number of hydrogen-bond donors (Lipinski definition) is 1. The summed E-state index contributed by atoms with van der Waals surface area (Å²) in [5, 5.41) is 5.27.